The summed E-state index contributed by atoms with van der Waals surface area (Å²) < 4.78 is 0. The van der Waals surface area contributed by atoms with Crippen molar-refractivity contribution in [3.63, 3.8) is 0 Å². The van der Waals surface area contributed by atoms with Crippen LogP contribution in [-0.2, 0) is 5.41 Å². The van der Waals surface area contributed by atoms with Gasteiger partial charge in [0, 0.05) is 18.5 Å². The average molecular weight is 207 g/mol. The van der Waals surface area contributed by atoms with Crippen LogP contribution >= 0.6 is 0 Å². The Morgan fingerprint density at radius 3 is 2.13 bits per heavy atom. The maximum atomic E-state index is 9.38. The number of aliphatic hydroxyl groups excluding tert-OH is 1. The second-order valence-corrected chi connectivity index (χ2v) is 3.98. The van der Waals surface area contributed by atoms with Gasteiger partial charge in [-0.2, -0.15) is 0 Å². The van der Waals surface area contributed by atoms with Crippen LogP contribution in [0.1, 0.15) is 19.4 Å². The Morgan fingerprint density at radius 1 is 1.20 bits per heavy atom. The van der Waals surface area contributed by atoms with Gasteiger partial charge in [0.25, 0.3) is 0 Å². The van der Waals surface area contributed by atoms with E-state index < -0.39 is 0 Å². The molecule has 0 spiro atoms. The second kappa shape index (κ2) is 5.29. The summed E-state index contributed by atoms with van der Waals surface area (Å²) in [6, 6.07) is 10.3. The molecule has 84 valence electrons. The molecule has 1 aromatic rings. The smallest absolute Gasteiger partial charge is 0.0552 e. The van der Waals surface area contributed by atoms with Crippen molar-refractivity contribution in [1.29, 1.82) is 0 Å². The number of aliphatic hydroxyl groups is 1. The monoisotopic (exact) mass is 207 g/mol. The molecule has 2 heteroatoms. The third-order valence-corrected chi connectivity index (χ3v) is 2.83. The number of benzene rings is 1. The maximum Gasteiger partial charge on any atom is 0.0552 e. The molecule has 1 aliphatic heterocycles. The third-order valence-electron chi connectivity index (χ3n) is 2.83. The fourth-order valence-corrected chi connectivity index (χ4v) is 2.15. The van der Waals surface area contributed by atoms with Crippen LogP contribution in [-0.4, -0.2) is 36.8 Å². The van der Waals surface area contributed by atoms with Crippen LogP contribution in [0.2, 0.25) is 0 Å². The van der Waals surface area contributed by atoms with Gasteiger partial charge in [0.05, 0.1) is 6.61 Å². The molecule has 0 radical (unpaired) electrons. The van der Waals surface area contributed by atoms with E-state index in [0.29, 0.717) is 0 Å². The van der Waals surface area contributed by atoms with E-state index in [9.17, 15) is 5.11 Å². The van der Waals surface area contributed by atoms with Gasteiger partial charge in [-0.05, 0) is 12.6 Å². The fourth-order valence-electron chi connectivity index (χ4n) is 2.15. The molecule has 15 heavy (non-hydrogen) atoms. The van der Waals surface area contributed by atoms with Crippen molar-refractivity contribution in [2.24, 2.45) is 0 Å². The molecule has 0 aliphatic carbocycles. The molecule has 2 rings (SSSR count). The Morgan fingerprint density at radius 2 is 1.73 bits per heavy atom. The van der Waals surface area contributed by atoms with E-state index in [2.05, 4.69) is 24.1 Å². The van der Waals surface area contributed by atoms with E-state index >= 15 is 0 Å². The summed E-state index contributed by atoms with van der Waals surface area (Å²) >= 11 is 0. The first-order valence-corrected chi connectivity index (χ1v) is 5.62. The molecule has 0 saturated carbocycles. The SMILES string of the molecule is CC.CN1CC(CO)(c2ccccc2)C1. The number of hydrogen-bond donors (Lipinski definition) is 1. The molecule has 1 N–H and O–H groups in total. The predicted octanol–water partition coefficient (Wildman–Crippen LogP) is 1.89. The van der Waals surface area contributed by atoms with Crippen LogP contribution in [0.15, 0.2) is 30.3 Å². The fraction of sp³-hybridized carbons (Fsp3) is 0.538. The van der Waals surface area contributed by atoms with E-state index in [1.165, 1.54) is 5.56 Å². The van der Waals surface area contributed by atoms with Gasteiger partial charge < -0.3 is 10.0 Å². The highest BCUT2D eigenvalue weighted by Crippen LogP contribution is 2.32. The molecule has 0 aromatic heterocycles. The van der Waals surface area contributed by atoms with Gasteiger partial charge in [-0.25, -0.2) is 0 Å². The number of likely N-dealkylation sites (N-methyl/N-ethyl adjacent to an activating group) is 1. The van der Waals surface area contributed by atoms with Crippen molar-refractivity contribution in [3.05, 3.63) is 35.9 Å². The highest BCUT2D eigenvalue weighted by atomic mass is 16.3. The van der Waals surface area contributed by atoms with Crippen LogP contribution in [0.5, 0.6) is 0 Å². The normalized spacial score (nSPS) is 18.7. The van der Waals surface area contributed by atoms with Crippen LogP contribution < -0.4 is 0 Å². The lowest BCUT2D eigenvalue weighted by molar-refractivity contribution is 0.0390. The summed E-state index contributed by atoms with van der Waals surface area (Å²) in [4.78, 5) is 2.23. The van der Waals surface area contributed by atoms with Crippen molar-refractivity contribution in [1.82, 2.24) is 4.90 Å². The Hall–Kier alpha value is -0.860. The first-order valence-electron chi connectivity index (χ1n) is 5.62. The summed E-state index contributed by atoms with van der Waals surface area (Å²) in [5.41, 5.74) is 1.27. The minimum Gasteiger partial charge on any atom is -0.395 e. The van der Waals surface area contributed by atoms with Crippen molar-refractivity contribution in [2.75, 3.05) is 26.7 Å². The van der Waals surface area contributed by atoms with Gasteiger partial charge in [-0.1, -0.05) is 44.2 Å². The van der Waals surface area contributed by atoms with E-state index in [0.717, 1.165) is 13.1 Å². The van der Waals surface area contributed by atoms with Gasteiger partial charge in [-0.15, -0.1) is 0 Å². The molecular formula is C13H21NO. The highest BCUT2D eigenvalue weighted by molar-refractivity contribution is 5.29. The molecule has 2 nitrogen and oxygen atoms in total. The molecule has 0 bridgehead atoms. The molecule has 1 fully saturated rings. The molecular weight excluding hydrogens is 186 g/mol. The molecule has 1 aromatic carbocycles. The molecule has 1 saturated heterocycles. The number of likely N-dealkylation sites (tertiary alicyclic amines) is 1. The summed E-state index contributed by atoms with van der Waals surface area (Å²) in [7, 11) is 2.08. The Labute approximate surface area is 92.5 Å². The Bertz CT molecular complexity index is 278. The summed E-state index contributed by atoms with van der Waals surface area (Å²) in [5, 5.41) is 9.38. The first kappa shape index (κ1) is 12.2. The highest BCUT2D eigenvalue weighted by Gasteiger charge is 2.41. The lowest BCUT2D eigenvalue weighted by Gasteiger charge is -2.48. The molecule has 0 unspecified atom stereocenters. The van der Waals surface area contributed by atoms with Gasteiger partial charge in [0.1, 0.15) is 0 Å². The van der Waals surface area contributed by atoms with Gasteiger partial charge in [-0.3, -0.25) is 0 Å². The largest absolute Gasteiger partial charge is 0.395 e. The first-order chi connectivity index (χ1) is 7.27. The average Bonchev–Trinajstić information content (AvgIpc) is 2.28. The standard InChI is InChI=1S/C11H15NO.C2H6/c1-12-7-11(8-12,9-13)10-5-3-2-4-6-10;1-2/h2-6,13H,7-9H2,1H3;1-2H3. The predicted molar refractivity (Wildman–Crippen MR) is 64.1 cm³/mol. The van der Waals surface area contributed by atoms with E-state index in [-0.39, 0.29) is 12.0 Å². The zero-order chi connectivity index (χ0) is 11.3. The van der Waals surface area contributed by atoms with Gasteiger partial charge in [0.15, 0.2) is 0 Å². The lowest BCUT2D eigenvalue weighted by atomic mass is 9.75. The van der Waals surface area contributed by atoms with Gasteiger partial charge >= 0.3 is 0 Å². The van der Waals surface area contributed by atoms with Crippen molar-refractivity contribution in [2.45, 2.75) is 19.3 Å². The summed E-state index contributed by atoms with van der Waals surface area (Å²) in [6.45, 7) is 6.18. The van der Waals surface area contributed by atoms with Crippen LogP contribution in [0.25, 0.3) is 0 Å². The van der Waals surface area contributed by atoms with Crippen LogP contribution in [0, 0.1) is 0 Å². The van der Waals surface area contributed by atoms with Crippen molar-refractivity contribution in [3.8, 4) is 0 Å². The minimum atomic E-state index is 0.00993. The maximum absolute atomic E-state index is 9.38. The minimum absolute atomic E-state index is 0.00993. The van der Waals surface area contributed by atoms with E-state index in [4.69, 9.17) is 0 Å². The topological polar surface area (TPSA) is 23.5 Å². The molecule has 1 aliphatic rings. The second-order valence-electron chi connectivity index (χ2n) is 3.98. The Balaban J connectivity index is 0.000000531. The van der Waals surface area contributed by atoms with E-state index in [1.807, 2.05) is 32.0 Å². The Kier molecular flexibility index (Phi) is 4.30. The summed E-state index contributed by atoms with van der Waals surface area (Å²) in [6.07, 6.45) is 0. The quantitative estimate of drug-likeness (QED) is 0.800. The van der Waals surface area contributed by atoms with Crippen LogP contribution in [0.3, 0.4) is 0 Å². The molecule has 1 heterocycles. The lowest BCUT2D eigenvalue weighted by Crippen LogP contribution is -2.59. The molecule has 0 atom stereocenters. The zero-order valence-electron chi connectivity index (χ0n) is 9.90. The van der Waals surface area contributed by atoms with E-state index in [1.54, 1.807) is 0 Å². The molecule has 0 amide bonds. The van der Waals surface area contributed by atoms with Crippen LogP contribution in [0.4, 0.5) is 0 Å². The third kappa shape index (κ3) is 2.39. The number of nitrogens with zero attached hydrogens (tertiary/aromatic N) is 1. The van der Waals surface area contributed by atoms with Gasteiger partial charge in [0.2, 0.25) is 0 Å². The summed E-state index contributed by atoms with van der Waals surface area (Å²) in [5.74, 6) is 0. The van der Waals surface area contributed by atoms with Crippen molar-refractivity contribution < 1.29 is 5.11 Å². The number of rotatable bonds is 2. The number of hydrogen-bond acceptors (Lipinski definition) is 2. The van der Waals surface area contributed by atoms with Crippen molar-refractivity contribution >= 4 is 0 Å². The zero-order valence-corrected chi connectivity index (χ0v) is 9.90.